The first-order chi connectivity index (χ1) is 12.4. The number of nitrogens with zero attached hydrogens (tertiary/aromatic N) is 2. The number of aromatic nitrogens is 2. The van der Waals surface area contributed by atoms with Gasteiger partial charge < -0.3 is 24.3 Å². The van der Waals surface area contributed by atoms with Crippen LogP contribution in [-0.2, 0) is 16.6 Å². The van der Waals surface area contributed by atoms with E-state index in [0.29, 0.717) is 34.2 Å². The normalized spacial score (nSPS) is 10.2. The smallest absolute Gasteiger partial charge is 0.342 e. The molecule has 0 aliphatic heterocycles. The van der Waals surface area contributed by atoms with E-state index < -0.39 is 18.5 Å². The van der Waals surface area contributed by atoms with Crippen molar-refractivity contribution in [3.8, 4) is 17.2 Å². The van der Waals surface area contributed by atoms with Gasteiger partial charge in [0.15, 0.2) is 18.1 Å². The first-order valence-electron chi connectivity index (χ1n) is 7.66. The van der Waals surface area contributed by atoms with Gasteiger partial charge in [0.25, 0.3) is 5.91 Å². The first-order valence-corrected chi connectivity index (χ1v) is 7.66. The molecule has 1 aromatic heterocycles. The number of anilines is 1. The number of carbonyl (C=O) groups is 2. The van der Waals surface area contributed by atoms with E-state index in [-0.39, 0.29) is 0 Å². The van der Waals surface area contributed by atoms with Gasteiger partial charge in [-0.1, -0.05) is 0 Å². The fraction of sp³-hybridized carbons (Fsp3) is 0.353. The highest BCUT2D eigenvalue weighted by Crippen LogP contribution is 2.39. The molecule has 2 aromatic rings. The zero-order valence-electron chi connectivity index (χ0n) is 15.3. The SMILES string of the molecule is COc1cc(NC(=O)COC(=O)c2cnn(C)c2C)cc(OC)c1OC. The highest BCUT2D eigenvalue weighted by Gasteiger charge is 2.17. The lowest BCUT2D eigenvalue weighted by Crippen LogP contribution is -2.21. The molecule has 26 heavy (non-hydrogen) atoms. The Morgan fingerprint density at radius 1 is 1.12 bits per heavy atom. The van der Waals surface area contributed by atoms with Gasteiger partial charge in [-0.15, -0.1) is 0 Å². The lowest BCUT2D eigenvalue weighted by Gasteiger charge is -2.14. The molecule has 9 nitrogen and oxygen atoms in total. The first kappa shape index (κ1) is 19.1. The van der Waals surface area contributed by atoms with Crippen LogP contribution in [0.1, 0.15) is 16.1 Å². The molecule has 140 valence electrons. The van der Waals surface area contributed by atoms with Gasteiger partial charge in [-0.25, -0.2) is 4.79 Å². The molecule has 1 amide bonds. The molecule has 0 bridgehead atoms. The van der Waals surface area contributed by atoms with Crippen LogP contribution < -0.4 is 19.5 Å². The number of amides is 1. The Labute approximate surface area is 150 Å². The number of hydrogen-bond donors (Lipinski definition) is 1. The van der Waals surface area contributed by atoms with Gasteiger partial charge in [0.2, 0.25) is 5.75 Å². The maximum Gasteiger partial charge on any atom is 0.342 e. The lowest BCUT2D eigenvalue weighted by atomic mass is 10.2. The van der Waals surface area contributed by atoms with E-state index in [1.807, 2.05) is 0 Å². The van der Waals surface area contributed by atoms with E-state index in [1.165, 1.54) is 27.5 Å². The third kappa shape index (κ3) is 4.05. The molecular formula is C17H21N3O6. The number of benzene rings is 1. The molecule has 0 saturated heterocycles. The van der Waals surface area contributed by atoms with Gasteiger partial charge >= 0.3 is 5.97 Å². The second-order valence-corrected chi connectivity index (χ2v) is 5.31. The van der Waals surface area contributed by atoms with Gasteiger partial charge in [0, 0.05) is 30.6 Å². The van der Waals surface area contributed by atoms with Crippen molar-refractivity contribution in [3.63, 3.8) is 0 Å². The molecule has 1 N–H and O–H groups in total. The summed E-state index contributed by atoms with van der Waals surface area (Å²) < 4.78 is 22.2. The maximum absolute atomic E-state index is 12.1. The predicted octanol–water partition coefficient (Wildman–Crippen LogP) is 1.55. The van der Waals surface area contributed by atoms with Crippen molar-refractivity contribution in [2.45, 2.75) is 6.92 Å². The number of hydrogen-bond acceptors (Lipinski definition) is 7. The van der Waals surface area contributed by atoms with Crippen molar-refractivity contribution < 1.29 is 28.5 Å². The Morgan fingerprint density at radius 3 is 2.19 bits per heavy atom. The summed E-state index contributed by atoms with van der Waals surface area (Å²) in [6.45, 7) is 1.30. The number of methoxy groups -OCH3 is 3. The number of carbonyl (C=O) groups excluding carboxylic acids is 2. The minimum Gasteiger partial charge on any atom is -0.493 e. The van der Waals surface area contributed by atoms with Gasteiger partial charge in [-0.3, -0.25) is 9.48 Å². The van der Waals surface area contributed by atoms with Crippen LogP contribution in [0.3, 0.4) is 0 Å². The van der Waals surface area contributed by atoms with E-state index in [9.17, 15) is 9.59 Å². The summed E-state index contributed by atoms with van der Waals surface area (Å²) >= 11 is 0. The van der Waals surface area contributed by atoms with Gasteiger partial charge in [0.1, 0.15) is 5.56 Å². The van der Waals surface area contributed by atoms with Gasteiger partial charge in [-0.05, 0) is 6.92 Å². The van der Waals surface area contributed by atoms with Crippen LogP contribution >= 0.6 is 0 Å². The van der Waals surface area contributed by atoms with Crippen LogP contribution in [0.4, 0.5) is 5.69 Å². The molecule has 2 rings (SSSR count). The molecule has 0 radical (unpaired) electrons. The second kappa shape index (κ2) is 8.24. The molecule has 1 heterocycles. The summed E-state index contributed by atoms with van der Waals surface area (Å²) in [5.41, 5.74) is 1.38. The molecule has 0 spiro atoms. The molecule has 0 unspecified atom stereocenters. The Morgan fingerprint density at radius 2 is 1.73 bits per heavy atom. The monoisotopic (exact) mass is 363 g/mol. The fourth-order valence-electron chi connectivity index (χ4n) is 2.26. The third-order valence-electron chi connectivity index (χ3n) is 3.74. The summed E-state index contributed by atoms with van der Waals surface area (Å²) in [7, 11) is 6.14. The Balaban J connectivity index is 2.03. The van der Waals surface area contributed by atoms with E-state index in [1.54, 1.807) is 30.8 Å². The average Bonchev–Trinajstić information content (AvgIpc) is 2.97. The summed E-state index contributed by atoms with van der Waals surface area (Å²) in [5.74, 6) is 0.0755. The second-order valence-electron chi connectivity index (χ2n) is 5.31. The zero-order chi connectivity index (χ0) is 19.3. The quantitative estimate of drug-likeness (QED) is 0.745. The molecule has 1 aromatic carbocycles. The van der Waals surface area contributed by atoms with Crippen LogP contribution in [0.2, 0.25) is 0 Å². The summed E-state index contributed by atoms with van der Waals surface area (Å²) in [6.07, 6.45) is 1.40. The lowest BCUT2D eigenvalue weighted by molar-refractivity contribution is -0.119. The van der Waals surface area contributed by atoms with Crippen molar-refractivity contribution in [2.24, 2.45) is 7.05 Å². The number of esters is 1. The van der Waals surface area contributed by atoms with Gasteiger partial charge in [-0.2, -0.15) is 5.10 Å². The topological polar surface area (TPSA) is 101 Å². The van der Waals surface area contributed by atoms with E-state index >= 15 is 0 Å². The Bertz CT molecular complexity index is 790. The van der Waals surface area contributed by atoms with Crippen molar-refractivity contribution in [3.05, 3.63) is 29.6 Å². The van der Waals surface area contributed by atoms with Crippen molar-refractivity contribution >= 4 is 17.6 Å². The molecule has 0 fully saturated rings. The molecule has 9 heteroatoms. The van der Waals surface area contributed by atoms with Crippen LogP contribution in [0, 0.1) is 6.92 Å². The fourth-order valence-corrected chi connectivity index (χ4v) is 2.26. The Kier molecular flexibility index (Phi) is 6.05. The number of nitrogens with one attached hydrogen (secondary N) is 1. The van der Waals surface area contributed by atoms with Crippen LogP contribution in [0.5, 0.6) is 17.2 Å². The number of rotatable bonds is 7. The van der Waals surface area contributed by atoms with Crippen LogP contribution in [0.15, 0.2) is 18.3 Å². The number of ether oxygens (including phenoxy) is 4. The Hall–Kier alpha value is -3.23. The summed E-state index contributed by atoms with van der Waals surface area (Å²) in [6, 6.07) is 3.15. The molecule has 0 aliphatic carbocycles. The van der Waals surface area contributed by atoms with Crippen molar-refractivity contribution in [2.75, 3.05) is 33.3 Å². The van der Waals surface area contributed by atoms with Crippen molar-refractivity contribution in [1.29, 1.82) is 0 Å². The minimum atomic E-state index is -0.615. The molecule has 0 saturated carbocycles. The van der Waals surface area contributed by atoms with Crippen LogP contribution in [0.25, 0.3) is 0 Å². The van der Waals surface area contributed by atoms with E-state index in [2.05, 4.69) is 10.4 Å². The highest BCUT2D eigenvalue weighted by molar-refractivity contribution is 5.96. The van der Waals surface area contributed by atoms with E-state index in [4.69, 9.17) is 18.9 Å². The highest BCUT2D eigenvalue weighted by atomic mass is 16.5. The zero-order valence-corrected chi connectivity index (χ0v) is 15.3. The predicted molar refractivity (Wildman–Crippen MR) is 93.0 cm³/mol. The average molecular weight is 363 g/mol. The molecule has 0 aliphatic rings. The van der Waals surface area contributed by atoms with Crippen molar-refractivity contribution in [1.82, 2.24) is 9.78 Å². The summed E-state index contributed by atoms with van der Waals surface area (Å²) in [4.78, 5) is 24.1. The number of aryl methyl sites for hydroxylation is 1. The van der Waals surface area contributed by atoms with Crippen LogP contribution in [-0.4, -0.2) is 49.6 Å². The van der Waals surface area contributed by atoms with Gasteiger partial charge in [0.05, 0.1) is 27.5 Å². The largest absolute Gasteiger partial charge is 0.493 e. The third-order valence-corrected chi connectivity index (χ3v) is 3.74. The molecular weight excluding hydrogens is 342 g/mol. The standard InChI is InChI=1S/C17H21N3O6/c1-10-12(8-18-20(10)2)17(22)26-9-15(21)19-11-6-13(23-3)16(25-5)14(7-11)24-4/h6-8H,9H2,1-5H3,(H,19,21). The molecule has 0 atom stereocenters. The maximum atomic E-state index is 12.1. The van der Waals surface area contributed by atoms with E-state index in [0.717, 1.165) is 0 Å². The summed E-state index contributed by atoms with van der Waals surface area (Å²) in [5, 5.41) is 6.58. The minimum absolute atomic E-state index is 0.313.